The van der Waals surface area contributed by atoms with Crippen LogP contribution in [-0.2, 0) is 9.59 Å². The first-order valence-corrected chi connectivity index (χ1v) is 7.93. The number of amides is 2. The zero-order valence-corrected chi connectivity index (χ0v) is 13.5. The van der Waals surface area contributed by atoms with Crippen LogP contribution in [0.4, 0.5) is 5.69 Å². The van der Waals surface area contributed by atoms with Gasteiger partial charge >= 0.3 is 6.01 Å². The monoisotopic (exact) mass is 345 g/mol. The number of H-pyrrole nitrogens is 1. The van der Waals surface area contributed by atoms with Crippen LogP contribution in [0.5, 0.6) is 11.8 Å². The summed E-state index contributed by atoms with van der Waals surface area (Å²) in [7, 11) is 0. The van der Waals surface area contributed by atoms with Gasteiger partial charge in [0.2, 0.25) is 11.8 Å². The van der Waals surface area contributed by atoms with Gasteiger partial charge in [0.1, 0.15) is 5.75 Å². The highest BCUT2D eigenvalue weighted by Crippen LogP contribution is 2.22. The van der Waals surface area contributed by atoms with Gasteiger partial charge in [0, 0.05) is 12.2 Å². The lowest BCUT2D eigenvalue weighted by atomic mass is 9.97. The van der Waals surface area contributed by atoms with Gasteiger partial charge in [-0.05, 0) is 48.9 Å². The largest absolute Gasteiger partial charge is 0.422 e. The summed E-state index contributed by atoms with van der Waals surface area (Å²) in [6.45, 7) is 1.51. The number of nitrogens with zero attached hydrogens (tertiary/aromatic N) is 4. The molecule has 1 fully saturated rings. The molecule has 132 valence electrons. The van der Waals surface area contributed by atoms with E-state index in [9.17, 15) is 9.59 Å². The molecule has 10 nitrogen and oxygen atoms in total. The number of tetrazole rings is 1. The summed E-state index contributed by atoms with van der Waals surface area (Å²) >= 11 is 0. The van der Waals surface area contributed by atoms with E-state index >= 15 is 0 Å². The van der Waals surface area contributed by atoms with Crippen LogP contribution in [0.3, 0.4) is 0 Å². The Kier molecular flexibility index (Phi) is 5.19. The first kappa shape index (κ1) is 16.8. The first-order chi connectivity index (χ1) is 12.1. The van der Waals surface area contributed by atoms with Gasteiger partial charge in [0.15, 0.2) is 0 Å². The van der Waals surface area contributed by atoms with Crippen LogP contribution in [0, 0.1) is 5.92 Å². The highest BCUT2D eigenvalue weighted by molar-refractivity contribution is 5.92. The maximum atomic E-state index is 12.4. The van der Waals surface area contributed by atoms with Crippen LogP contribution < -0.4 is 15.8 Å². The number of aromatic nitrogens is 4. The molecule has 0 aliphatic carbocycles. The van der Waals surface area contributed by atoms with Crippen LogP contribution in [-0.4, -0.2) is 57.0 Å². The number of likely N-dealkylation sites (tertiary alicyclic amines) is 1. The lowest BCUT2D eigenvalue weighted by Gasteiger charge is -2.30. The Hall–Kier alpha value is -3.01. The summed E-state index contributed by atoms with van der Waals surface area (Å²) in [5.41, 5.74) is 5.89. The van der Waals surface area contributed by atoms with Crippen molar-refractivity contribution in [1.29, 1.82) is 0 Å². The number of nitrogens with two attached hydrogens (primary N) is 1. The molecule has 0 spiro atoms. The van der Waals surface area contributed by atoms with Crippen molar-refractivity contribution in [3.63, 3.8) is 0 Å². The average molecular weight is 345 g/mol. The number of rotatable bonds is 6. The van der Waals surface area contributed by atoms with Gasteiger partial charge in [-0.15, -0.1) is 0 Å². The first-order valence-electron chi connectivity index (χ1n) is 7.93. The van der Waals surface area contributed by atoms with E-state index in [1.807, 2.05) is 4.90 Å². The normalized spacial score (nSPS) is 17.8. The van der Waals surface area contributed by atoms with Gasteiger partial charge in [-0.25, -0.2) is 0 Å². The number of anilines is 1. The Morgan fingerprint density at radius 2 is 2.16 bits per heavy atom. The van der Waals surface area contributed by atoms with E-state index in [1.165, 1.54) is 0 Å². The van der Waals surface area contributed by atoms with Gasteiger partial charge in [-0.1, -0.05) is 10.2 Å². The Bertz CT molecular complexity index is 717. The predicted molar refractivity (Wildman–Crippen MR) is 87.7 cm³/mol. The molecule has 4 N–H and O–H groups in total. The fourth-order valence-electron chi connectivity index (χ4n) is 2.79. The molecule has 0 saturated carbocycles. The van der Waals surface area contributed by atoms with E-state index in [0.29, 0.717) is 18.0 Å². The highest BCUT2D eigenvalue weighted by Gasteiger charge is 2.26. The number of hydrogen-bond donors (Lipinski definition) is 3. The van der Waals surface area contributed by atoms with E-state index < -0.39 is 0 Å². The van der Waals surface area contributed by atoms with Crippen molar-refractivity contribution in [2.24, 2.45) is 11.7 Å². The summed E-state index contributed by atoms with van der Waals surface area (Å²) in [4.78, 5) is 25.4. The SMILES string of the molecule is NC(=O)CN1CCCC(C(=O)Nc2ccc(Oc3nn[nH]n3)cc2)C1. The van der Waals surface area contributed by atoms with Crippen molar-refractivity contribution in [2.75, 3.05) is 25.0 Å². The van der Waals surface area contributed by atoms with Crippen LogP contribution >= 0.6 is 0 Å². The Morgan fingerprint density at radius 3 is 2.84 bits per heavy atom. The Labute approximate surface area is 143 Å². The second kappa shape index (κ2) is 7.71. The average Bonchev–Trinajstić information content (AvgIpc) is 3.09. The summed E-state index contributed by atoms with van der Waals surface area (Å²) in [5, 5.41) is 16.0. The number of aromatic amines is 1. The van der Waals surface area contributed by atoms with E-state index in [0.717, 1.165) is 19.4 Å². The van der Waals surface area contributed by atoms with Crippen molar-refractivity contribution >= 4 is 17.5 Å². The Morgan fingerprint density at radius 1 is 1.36 bits per heavy atom. The molecule has 2 amide bonds. The topological polar surface area (TPSA) is 139 Å². The van der Waals surface area contributed by atoms with Crippen LogP contribution in [0.15, 0.2) is 24.3 Å². The summed E-state index contributed by atoms with van der Waals surface area (Å²) in [6, 6.07) is 6.99. The third kappa shape index (κ3) is 4.73. The number of piperidine rings is 1. The minimum atomic E-state index is -0.377. The number of nitrogens with one attached hydrogen (secondary N) is 2. The summed E-state index contributed by atoms with van der Waals surface area (Å²) < 4.78 is 5.37. The molecule has 1 atom stereocenters. The van der Waals surface area contributed by atoms with Crippen molar-refractivity contribution in [3.05, 3.63) is 24.3 Å². The molecule has 1 unspecified atom stereocenters. The molecule has 2 aromatic rings. The molecular weight excluding hydrogens is 326 g/mol. The fourth-order valence-corrected chi connectivity index (χ4v) is 2.79. The van der Waals surface area contributed by atoms with Crippen LogP contribution in [0.1, 0.15) is 12.8 Å². The minimum Gasteiger partial charge on any atom is -0.422 e. The van der Waals surface area contributed by atoms with Crippen molar-refractivity contribution in [1.82, 2.24) is 25.5 Å². The molecule has 1 saturated heterocycles. The number of carbonyl (C=O) groups is 2. The van der Waals surface area contributed by atoms with Gasteiger partial charge < -0.3 is 15.8 Å². The smallest absolute Gasteiger partial charge is 0.361 e. The minimum absolute atomic E-state index is 0.0685. The van der Waals surface area contributed by atoms with E-state index in [4.69, 9.17) is 10.5 Å². The molecule has 1 aromatic carbocycles. The fraction of sp³-hybridized carbons (Fsp3) is 0.400. The molecule has 2 heterocycles. The number of benzene rings is 1. The molecule has 1 aliphatic heterocycles. The summed E-state index contributed by atoms with van der Waals surface area (Å²) in [5.74, 6) is -0.0766. The zero-order valence-electron chi connectivity index (χ0n) is 13.5. The molecule has 1 aliphatic rings. The number of carbonyl (C=O) groups excluding carboxylic acids is 2. The van der Waals surface area contributed by atoms with E-state index in [2.05, 4.69) is 25.9 Å². The number of hydrogen-bond acceptors (Lipinski definition) is 7. The predicted octanol–water partition coefficient (Wildman–Crippen LogP) is 0.128. The van der Waals surface area contributed by atoms with Gasteiger partial charge in [0.05, 0.1) is 12.5 Å². The molecular formula is C15H19N7O3. The third-order valence-electron chi connectivity index (χ3n) is 3.91. The molecule has 0 bridgehead atoms. The van der Waals surface area contributed by atoms with E-state index in [-0.39, 0.29) is 30.3 Å². The standard InChI is InChI=1S/C15H19N7O3/c16-13(23)9-22-7-1-2-10(8-22)14(24)17-11-3-5-12(6-4-11)25-15-18-20-21-19-15/h3-6,10H,1-2,7-9H2,(H2,16,23)(H,17,24)(H,18,19,20,21). The second-order valence-corrected chi connectivity index (χ2v) is 5.85. The van der Waals surface area contributed by atoms with Gasteiger partial charge in [-0.3, -0.25) is 14.5 Å². The van der Waals surface area contributed by atoms with Gasteiger partial charge in [-0.2, -0.15) is 5.21 Å². The summed E-state index contributed by atoms with van der Waals surface area (Å²) in [6.07, 6.45) is 1.66. The highest BCUT2D eigenvalue weighted by atomic mass is 16.5. The maximum absolute atomic E-state index is 12.4. The molecule has 10 heteroatoms. The lowest BCUT2D eigenvalue weighted by molar-refractivity contribution is -0.124. The number of ether oxygens (including phenoxy) is 1. The maximum Gasteiger partial charge on any atom is 0.361 e. The zero-order chi connectivity index (χ0) is 17.6. The molecule has 0 radical (unpaired) electrons. The third-order valence-corrected chi connectivity index (χ3v) is 3.91. The van der Waals surface area contributed by atoms with Crippen LogP contribution in [0.2, 0.25) is 0 Å². The number of primary amides is 1. The van der Waals surface area contributed by atoms with Crippen LogP contribution in [0.25, 0.3) is 0 Å². The van der Waals surface area contributed by atoms with Crippen molar-refractivity contribution < 1.29 is 14.3 Å². The molecule has 3 rings (SSSR count). The molecule has 1 aromatic heterocycles. The molecule has 25 heavy (non-hydrogen) atoms. The van der Waals surface area contributed by atoms with Crippen molar-refractivity contribution in [2.45, 2.75) is 12.8 Å². The van der Waals surface area contributed by atoms with Crippen molar-refractivity contribution in [3.8, 4) is 11.8 Å². The van der Waals surface area contributed by atoms with Gasteiger partial charge in [0.25, 0.3) is 0 Å². The van der Waals surface area contributed by atoms with E-state index in [1.54, 1.807) is 24.3 Å². The second-order valence-electron chi connectivity index (χ2n) is 5.85. The quantitative estimate of drug-likeness (QED) is 0.676. The Balaban J connectivity index is 1.54. The lowest BCUT2D eigenvalue weighted by Crippen LogP contribution is -2.44.